The van der Waals surface area contributed by atoms with Gasteiger partial charge in [0, 0.05) is 18.7 Å². The first kappa shape index (κ1) is 23.5. The first-order valence-electron chi connectivity index (χ1n) is 9.75. The second-order valence-corrected chi connectivity index (χ2v) is 7.32. The number of aromatic nitrogens is 2. The summed E-state index contributed by atoms with van der Waals surface area (Å²) in [5.74, 6) is 0.354. The maximum atomic E-state index is 13.3. The lowest BCUT2D eigenvalue weighted by Gasteiger charge is -2.24. The molecule has 2 aromatic rings. The van der Waals surface area contributed by atoms with Gasteiger partial charge in [0.2, 0.25) is 0 Å². The van der Waals surface area contributed by atoms with Crippen LogP contribution in [0.5, 0.6) is 11.5 Å². The van der Waals surface area contributed by atoms with E-state index in [1.54, 1.807) is 13.0 Å². The van der Waals surface area contributed by atoms with Gasteiger partial charge in [0.15, 0.2) is 17.2 Å². The van der Waals surface area contributed by atoms with Crippen LogP contribution in [-0.4, -0.2) is 35.7 Å². The number of H-pyrrole nitrogens is 1. The van der Waals surface area contributed by atoms with E-state index < -0.39 is 17.2 Å². The van der Waals surface area contributed by atoms with E-state index in [1.165, 1.54) is 22.6 Å². The number of hydrogen-bond acceptors (Lipinski definition) is 6. The number of halogens is 1. The number of hydrogen-bond donors (Lipinski definition) is 2. The quantitative estimate of drug-likeness (QED) is 0.566. The SMILES string of the molecule is CCCCn1c(N)c(N(CC)C(=O)c2cc(Br)c(OCC)c(OC)c2)c(=O)[nH]c1=O. The van der Waals surface area contributed by atoms with E-state index >= 15 is 0 Å². The second kappa shape index (κ2) is 10.3. The molecule has 0 aliphatic carbocycles. The summed E-state index contributed by atoms with van der Waals surface area (Å²) in [5.41, 5.74) is 5.08. The molecule has 1 heterocycles. The Labute approximate surface area is 182 Å². The lowest BCUT2D eigenvalue weighted by atomic mass is 10.1. The highest BCUT2D eigenvalue weighted by Crippen LogP contribution is 2.37. The van der Waals surface area contributed by atoms with Crippen molar-refractivity contribution in [3.8, 4) is 11.5 Å². The van der Waals surface area contributed by atoms with Crippen LogP contribution in [-0.2, 0) is 6.54 Å². The molecule has 0 aliphatic rings. The highest BCUT2D eigenvalue weighted by Gasteiger charge is 2.25. The highest BCUT2D eigenvalue weighted by molar-refractivity contribution is 9.10. The Morgan fingerprint density at radius 1 is 1.27 bits per heavy atom. The predicted molar refractivity (Wildman–Crippen MR) is 120 cm³/mol. The maximum absolute atomic E-state index is 13.3. The molecule has 3 N–H and O–H groups in total. The molecular formula is C20H27BrN4O5. The van der Waals surface area contributed by atoms with Crippen LogP contribution in [0.25, 0.3) is 0 Å². The Morgan fingerprint density at radius 3 is 2.53 bits per heavy atom. The molecule has 0 spiro atoms. The maximum Gasteiger partial charge on any atom is 0.330 e. The Kier molecular flexibility index (Phi) is 8.10. The fourth-order valence-electron chi connectivity index (χ4n) is 3.06. The van der Waals surface area contributed by atoms with Crippen LogP contribution in [0.1, 0.15) is 44.0 Å². The van der Waals surface area contributed by atoms with Crippen molar-refractivity contribution in [2.24, 2.45) is 0 Å². The van der Waals surface area contributed by atoms with E-state index in [4.69, 9.17) is 15.2 Å². The third-order valence-electron chi connectivity index (χ3n) is 4.55. The highest BCUT2D eigenvalue weighted by atomic mass is 79.9. The van der Waals surface area contributed by atoms with Crippen LogP contribution < -0.4 is 31.4 Å². The average Bonchev–Trinajstić information content (AvgIpc) is 2.71. The van der Waals surface area contributed by atoms with Gasteiger partial charge in [-0.25, -0.2) is 4.79 Å². The molecule has 2 rings (SSSR count). The monoisotopic (exact) mass is 482 g/mol. The summed E-state index contributed by atoms with van der Waals surface area (Å²) in [4.78, 5) is 41.5. The zero-order chi connectivity index (χ0) is 22.4. The largest absolute Gasteiger partial charge is 0.493 e. The molecule has 0 saturated heterocycles. The standard InChI is InChI=1S/C20H27BrN4O5/c1-5-8-9-25-17(22)15(18(26)23-20(25)28)24(6-2)19(27)12-10-13(21)16(30-7-3)14(11-12)29-4/h10-11H,5-9,22H2,1-4H3,(H,23,26,28). The van der Waals surface area contributed by atoms with Crippen molar-refractivity contribution in [2.75, 3.05) is 30.9 Å². The van der Waals surface area contributed by atoms with Gasteiger partial charge in [-0.2, -0.15) is 0 Å². The second-order valence-electron chi connectivity index (χ2n) is 6.47. The number of nitrogens with one attached hydrogen (secondary N) is 1. The first-order chi connectivity index (χ1) is 14.3. The molecule has 0 bridgehead atoms. The van der Waals surface area contributed by atoms with Crippen LogP contribution in [0.3, 0.4) is 0 Å². The molecule has 0 radical (unpaired) electrons. The van der Waals surface area contributed by atoms with Crippen molar-refractivity contribution in [3.05, 3.63) is 43.0 Å². The molecule has 0 fully saturated rings. The molecule has 30 heavy (non-hydrogen) atoms. The zero-order valence-corrected chi connectivity index (χ0v) is 19.2. The van der Waals surface area contributed by atoms with E-state index in [0.29, 0.717) is 35.5 Å². The summed E-state index contributed by atoms with van der Waals surface area (Å²) < 4.78 is 12.7. The Morgan fingerprint density at radius 2 is 1.97 bits per heavy atom. The fourth-order valence-corrected chi connectivity index (χ4v) is 3.62. The number of benzene rings is 1. The normalized spacial score (nSPS) is 10.7. The van der Waals surface area contributed by atoms with Crippen molar-refractivity contribution in [2.45, 2.75) is 40.2 Å². The number of ether oxygens (including phenoxy) is 2. The first-order valence-corrected chi connectivity index (χ1v) is 10.5. The zero-order valence-electron chi connectivity index (χ0n) is 17.6. The molecule has 164 valence electrons. The molecule has 0 aliphatic heterocycles. The number of nitrogen functional groups attached to an aromatic ring is 1. The van der Waals surface area contributed by atoms with Gasteiger partial charge in [-0.1, -0.05) is 13.3 Å². The molecule has 1 amide bonds. The lowest BCUT2D eigenvalue weighted by Crippen LogP contribution is -2.41. The fraction of sp³-hybridized carbons (Fsp3) is 0.450. The topological polar surface area (TPSA) is 120 Å². The van der Waals surface area contributed by atoms with Gasteiger partial charge in [0.25, 0.3) is 11.5 Å². The smallest absolute Gasteiger partial charge is 0.330 e. The summed E-state index contributed by atoms with van der Waals surface area (Å²) in [6.45, 7) is 6.48. The minimum Gasteiger partial charge on any atom is -0.493 e. The number of nitrogens with zero attached hydrogens (tertiary/aromatic N) is 2. The minimum atomic E-state index is -0.711. The number of aromatic amines is 1. The van der Waals surface area contributed by atoms with Gasteiger partial charge >= 0.3 is 5.69 Å². The Balaban J connectivity index is 2.58. The number of amides is 1. The number of carbonyl (C=O) groups excluding carboxylic acids is 1. The Bertz CT molecular complexity index is 1030. The van der Waals surface area contributed by atoms with Gasteiger partial charge < -0.3 is 20.1 Å². The molecule has 0 saturated carbocycles. The van der Waals surface area contributed by atoms with Crippen molar-refractivity contribution < 1.29 is 14.3 Å². The lowest BCUT2D eigenvalue weighted by molar-refractivity contribution is 0.0987. The molecular weight excluding hydrogens is 456 g/mol. The number of methoxy groups -OCH3 is 1. The summed E-state index contributed by atoms with van der Waals surface area (Å²) >= 11 is 3.40. The van der Waals surface area contributed by atoms with Gasteiger partial charge in [0.05, 0.1) is 18.2 Å². The third kappa shape index (κ3) is 4.69. The number of unbranched alkanes of at least 4 members (excludes halogenated alkanes) is 1. The van der Waals surface area contributed by atoms with Crippen LogP contribution in [0.15, 0.2) is 26.2 Å². The predicted octanol–water partition coefficient (Wildman–Crippen LogP) is 2.76. The van der Waals surface area contributed by atoms with Gasteiger partial charge in [-0.05, 0) is 48.3 Å². The van der Waals surface area contributed by atoms with Crippen LogP contribution >= 0.6 is 15.9 Å². The average molecular weight is 483 g/mol. The summed E-state index contributed by atoms with van der Waals surface area (Å²) in [6, 6.07) is 3.13. The molecule has 0 unspecified atom stereocenters. The van der Waals surface area contributed by atoms with Crippen molar-refractivity contribution in [1.29, 1.82) is 0 Å². The number of nitrogens with two attached hydrogens (primary N) is 1. The molecule has 1 aromatic heterocycles. The van der Waals surface area contributed by atoms with Crippen LogP contribution in [0.2, 0.25) is 0 Å². The van der Waals surface area contributed by atoms with Gasteiger partial charge in [0.1, 0.15) is 5.82 Å². The van der Waals surface area contributed by atoms with E-state index in [1.807, 2.05) is 13.8 Å². The van der Waals surface area contributed by atoms with Crippen molar-refractivity contribution >= 4 is 33.3 Å². The third-order valence-corrected chi connectivity index (χ3v) is 5.13. The molecule has 0 atom stereocenters. The van der Waals surface area contributed by atoms with Crippen molar-refractivity contribution in [1.82, 2.24) is 9.55 Å². The van der Waals surface area contributed by atoms with E-state index in [9.17, 15) is 14.4 Å². The van der Waals surface area contributed by atoms with Gasteiger partial charge in [-0.3, -0.25) is 19.1 Å². The van der Waals surface area contributed by atoms with Crippen molar-refractivity contribution in [3.63, 3.8) is 0 Å². The molecule has 9 nitrogen and oxygen atoms in total. The summed E-state index contributed by atoms with van der Waals surface area (Å²) in [7, 11) is 1.47. The van der Waals surface area contributed by atoms with E-state index in [-0.39, 0.29) is 23.6 Å². The van der Waals surface area contributed by atoms with E-state index in [0.717, 1.165) is 6.42 Å². The summed E-state index contributed by atoms with van der Waals surface area (Å²) in [6.07, 6.45) is 1.55. The summed E-state index contributed by atoms with van der Waals surface area (Å²) in [5, 5.41) is 0. The molecule has 1 aromatic carbocycles. The van der Waals surface area contributed by atoms with Crippen LogP contribution in [0, 0.1) is 0 Å². The number of carbonyl (C=O) groups is 1. The Hall–Kier alpha value is -2.75. The number of anilines is 2. The van der Waals surface area contributed by atoms with Crippen LogP contribution in [0.4, 0.5) is 11.5 Å². The number of rotatable bonds is 9. The van der Waals surface area contributed by atoms with Gasteiger partial charge in [-0.15, -0.1) is 0 Å². The van der Waals surface area contributed by atoms with E-state index in [2.05, 4.69) is 20.9 Å². The molecule has 10 heteroatoms. The minimum absolute atomic E-state index is 0.0376.